The summed E-state index contributed by atoms with van der Waals surface area (Å²) < 4.78 is 5.80. The first-order valence-corrected chi connectivity index (χ1v) is 7.90. The van der Waals surface area contributed by atoms with Gasteiger partial charge in [-0.2, -0.15) is 0 Å². The molecule has 2 rings (SSSR count). The monoisotopic (exact) mass is 289 g/mol. The molecular weight excluding hydrogens is 262 g/mol. The fourth-order valence-electron chi connectivity index (χ4n) is 2.80. The third kappa shape index (κ3) is 5.76. The van der Waals surface area contributed by atoms with Crippen molar-refractivity contribution in [1.82, 2.24) is 0 Å². The van der Waals surface area contributed by atoms with Gasteiger partial charge in [0.25, 0.3) is 0 Å². The van der Waals surface area contributed by atoms with Crippen LogP contribution in [0.3, 0.4) is 0 Å². The van der Waals surface area contributed by atoms with E-state index in [4.69, 9.17) is 10.5 Å². The van der Waals surface area contributed by atoms with Crippen LogP contribution in [0, 0.1) is 13.8 Å². The molecule has 1 aliphatic rings. The van der Waals surface area contributed by atoms with Crippen LogP contribution < -0.4 is 11.1 Å². The van der Waals surface area contributed by atoms with Gasteiger partial charge in [0.05, 0.1) is 6.10 Å². The van der Waals surface area contributed by atoms with Crippen molar-refractivity contribution in [2.45, 2.75) is 52.1 Å². The van der Waals surface area contributed by atoms with Crippen LogP contribution >= 0.6 is 0 Å². The highest BCUT2D eigenvalue weighted by molar-refractivity contribution is 5.92. The lowest BCUT2D eigenvalue weighted by Crippen LogP contribution is -2.23. The predicted molar refractivity (Wildman–Crippen MR) is 88.9 cm³/mol. The van der Waals surface area contributed by atoms with Crippen LogP contribution in [0.5, 0.6) is 0 Å². The minimum Gasteiger partial charge on any atom is -0.378 e. The number of ether oxygens (including phenoxy) is 1. The number of rotatable bonds is 6. The van der Waals surface area contributed by atoms with Gasteiger partial charge < -0.3 is 15.8 Å². The molecule has 0 amide bonds. The molecule has 1 aliphatic carbocycles. The minimum absolute atomic E-state index is 0.473. The number of anilines is 1. The van der Waals surface area contributed by atoms with Crippen LogP contribution in [0.1, 0.15) is 43.2 Å². The maximum absolute atomic E-state index is 5.91. The van der Waals surface area contributed by atoms with E-state index in [1.54, 1.807) is 0 Å². The third-order valence-corrected chi connectivity index (χ3v) is 3.73. The molecule has 0 heterocycles. The summed E-state index contributed by atoms with van der Waals surface area (Å²) in [7, 11) is 0. The molecule has 0 unspecified atom stereocenters. The van der Waals surface area contributed by atoms with Gasteiger partial charge in [-0.15, -0.1) is 0 Å². The van der Waals surface area contributed by atoms with E-state index in [9.17, 15) is 0 Å². The molecule has 4 heteroatoms. The first kappa shape index (κ1) is 15.8. The average Bonchev–Trinajstić information content (AvgIpc) is 2.90. The normalized spacial score (nSPS) is 16.4. The maximum Gasteiger partial charge on any atom is 0.193 e. The lowest BCUT2D eigenvalue weighted by atomic mass is 10.1. The second kappa shape index (κ2) is 8.03. The molecule has 21 heavy (non-hydrogen) atoms. The molecule has 1 saturated carbocycles. The SMILES string of the molecule is Cc1cc(C)cc(NC(N)=NCCCOC2CCCC2)c1. The lowest BCUT2D eigenvalue weighted by Gasteiger charge is -2.10. The topological polar surface area (TPSA) is 59.6 Å². The Bertz CT molecular complexity index is 459. The Balaban J connectivity index is 1.68. The van der Waals surface area contributed by atoms with Crippen LogP contribution in [0.15, 0.2) is 23.2 Å². The van der Waals surface area contributed by atoms with Gasteiger partial charge in [-0.05, 0) is 56.4 Å². The Labute approximate surface area is 127 Å². The van der Waals surface area contributed by atoms with Crippen LogP contribution in [0.2, 0.25) is 0 Å². The molecule has 0 saturated heterocycles. The van der Waals surface area contributed by atoms with Crippen molar-refractivity contribution in [2.75, 3.05) is 18.5 Å². The smallest absolute Gasteiger partial charge is 0.193 e. The van der Waals surface area contributed by atoms with E-state index < -0.39 is 0 Å². The van der Waals surface area contributed by atoms with Gasteiger partial charge in [0.15, 0.2) is 5.96 Å². The van der Waals surface area contributed by atoms with E-state index in [1.165, 1.54) is 36.8 Å². The van der Waals surface area contributed by atoms with Crippen LogP contribution in [-0.4, -0.2) is 25.2 Å². The third-order valence-electron chi connectivity index (χ3n) is 3.73. The standard InChI is InChI=1S/C17H27N3O/c1-13-10-14(2)12-15(11-13)20-17(18)19-8-5-9-21-16-6-3-4-7-16/h10-12,16H,3-9H2,1-2H3,(H3,18,19,20). The number of hydrogen-bond acceptors (Lipinski definition) is 2. The minimum atomic E-state index is 0.473. The Morgan fingerprint density at radius 3 is 2.57 bits per heavy atom. The zero-order chi connectivity index (χ0) is 15.1. The summed E-state index contributed by atoms with van der Waals surface area (Å²) in [6.07, 6.45) is 6.48. The quantitative estimate of drug-likeness (QED) is 0.479. The van der Waals surface area contributed by atoms with Crippen LogP contribution in [-0.2, 0) is 4.74 Å². The highest BCUT2D eigenvalue weighted by Gasteiger charge is 2.14. The van der Waals surface area contributed by atoms with Crippen molar-refractivity contribution < 1.29 is 4.74 Å². The summed E-state index contributed by atoms with van der Waals surface area (Å²) in [6, 6.07) is 6.27. The Kier molecular flexibility index (Phi) is 6.05. The first-order valence-electron chi connectivity index (χ1n) is 7.90. The van der Waals surface area contributed by atoms with Crippen molar-refractivity contribution in [1.29, 1.82) is 0 Å². The van der Waals surface area contributed by atoms with E-state index in [-0.39, 0.29) is 0 Å². The molecule has 1 aromatic rings. The van der Waals surface area contributed by atoms with Crippen molar-refractivity contribution >= 4 is 11.6 Å². The first-order chi connectivity index (χ1) is 10.1. The Morgan fingerprint density at radius 1 is 1.24 bits per heavy atom. The molecule has 0 bridgehead atoms. The predicted octanol–water partition coefficient (Wildman–Crippen LogP) is 3.38. The molecule has 0 aromatic heterocycles. The van der Waals surface area contributed by atoms with E-state index in [1.807, 2.05) is 0 Å². The lowest BCUT2D eigenvalue weighted by molar-refractivity contribution is 0.0579. The maximum atomic E-state index is 5.91. The largest absolute Gasteiger partial charge is 0.378 e. The summed E-state index contributed by atoms with van der Waals surface area (Å²) in [4.78, 5) is 4.35. The summed E-state index contributed by atoms with van der Waals surface area (Å²) >= 11 is 0. The fraction of sp³-hybridized carbons (Fsp3) is 0.588. The number of benzene rings is 1. The molecule has 0 radical (unpaired) electrons. The molecular formula is C17H27N3O. The molecule has 1 aromatic carbocycles. The number of guanidine groups is 1. The summed E-state index contributed by atoms with van der Waals surface area (Å²) in [5, 5.41) is 3.14. The van der Waals surface area contributed by atoms with Gasteiger partial charge in [0.1, 0.15) is 0 Å². The highest BCUT2D eigenvalue weighted by atomic mass is 16.5. The van der Waals surface area contributed by atoms with Gasteiger partial charge in [-0.3, -0.25) is 4.99 Å². The number of nitrogens with one attached hydrogen (secondary N) is 1. The summed E-state index contributed by atoms with van der Waals surface area (Å²) in [6.45, 7) is 5.64. The Hall–Kier alpha value is -1.55. The molecule has 116 valence electrons. The molecule has 3 N–H and O–H groups in total. The fourth-order valence-corrected chi connectivity index (χ4v) is 2.80. The van der Waals surface area contributed by atoms with E-state index >= 15 is 0 Å². The van der Waals surface area contributed by atoms with Crippen molar-refractivity contribution in [3.8, 4) is 0 Å². The Morgan fingerprint density at radius 2 is 1.90 bits per heavy atom. The van der Waals surface area contributed by atoms with E-state index in [0.717, 1.165) is 18.7 Å². The van der Waals surface area contributed by atoms with Crippen molar-refractivity contribution in [3.63, 3.8) is 0 Å². The molecule has 4 nitrogen and oxygen atoms in total. The number of nitrogens with two attached hydrogens (primary N) is 1. The van der Waals surface area contributed by atoms with E-state index in [2.05, 4.69) is 42.4 Å². The van der Waals surface area contributed by atoms with Crippen LogP contribution in [0.25, 0.3) is 0 Å². The second-order valence-corrected chi connectivity index (χ2v) is 5.90. The number of nitrogens with zero attached hydrogens (tertiary/aromatic N) is 1. The highest BCUT2D eigenvalue weighted by Crippen LogP contribution is 2.20. The summed E-state index contributed by atoms with van der Waals surface area (Å²) in [5.41, 5.74) is 9.34. The number of aliphatic imine (C=N–C) groups is 1. The molecule has 1 fully saturated rings. The van der Waals surface area contributed by atoms with Gasteiger partial charge in [0, 0.05) is 18.8 Å². The van der Waals surface area contributed by atoms with Gasteiger partial charge in [-0.1, -0.05) is 18.9 Å². The second-order valence-electron chi connectivity index (χ2n) is 5.90. The molecule has 0 aliphatic heterocycles. The van der Waals surface area contributed by atoms with Crippen molar-refractivity contribution in [3.05, 3.63) is 29.3 Å². The van der Waals surface area contributed by atoms with Gasteiger partial charge in [-0.25, -0.2) is 0 Å². The zero-order valence-corrected chi connectivity index (χ0v) is 13.2. The summed E-state index contributed by atoms with van der Waals surface area (Å²) in [5.74, 6) is 0.473. The number of hydrogen-bond donors (Lipinski definition) is 2. The number of aryl methyl sites for hydroxylation is 2. The van der Waals surface area contributed by atoms with Gasteiger partial charge >= 0.3 is 0 Å². The zero-order valence-electron chi connectivity index (χ0n) is 13.2. The van der Waals surface area contributed by atoms with Crippen LogP contribution in [0.4, 0.5) is 5.69 Å². The average molecular weight is 289 g/mol. The molecule has 0 atom stereocenters. The molecule has 0 spiro atoms. The van der Waals surface area contributed by atoms with Crippen molar-refractivity contribution in [2.24, 2.45) is 10.7 Å². The van der Waals surface area contributed by atoms with Gasteiger partial charge in [0.2, 0.25) is 0 Å². The van der Waals surface area contributed by atoms with E-state index in [0.29, 0.717) is 18.6 Å².